The zero-order valence-electron chi connectivity index (χ0n) is 16.4. The lowest BCUT2D eigenvalue weighted by Crippen LogP contribution is -2.23. The summed E-state index contributed by atoms with van der Waals surface area (Å²) >= 11 is 0. The Hall–Kier alpha value is -3.99. The van der Waals surface area contributed by atoms with E-state index in [1.165, 1.54) is 30.3 Å². The Bertz CT molecular complexity index is 1450. The van der Waals surface area contributed by atoms with Gasteiger partial charge in [0.25, 0.3) is 5.91 Å². The van der Waals surface area contributed by atoms with Gasteiger partial charge in [0.2, 0.25) is 9.84 Å². The number of ketones is 1. The highest BCUT2D eigenvalue weighted by atomic mass is 32.2. The number of carbonyl (C=O) groups is 3. The Morgan fingerprint density at radius 1 is 0.879 bits per heavy atom. The van der Waals surface area contributed by atoms with Crippen LogP contribution >= 0.6 is 0 Å². The molecule has 0 saturated carbocycles. The number of carbonyl (C=O) groups excluding carboxylic acids is 3. The molecule has 0 fully saturated rings. The lowest BCUT2D eigenvalue weighted by molar-refractivity contribution is -0.119. The van der Waals surface area contributed by atoms with Crippen LogP contribution in [0.4, 0.5) is 18.9 Å². The number of rotatable bonds is 4. The van der Waals surface area contributed by atoms with Crippen molar-refractivity contribution in [3.63, 3.8) is 0 Å². The third-order valence-electron chi connectivity index (χ3n) is 4.82. The number of benzene rings is 3. The smallest absolute Gasteiger partial charge is 0.338 e. The van der Waals surface area contributed by atoms with E-state index >= 15 is 0 Å². The quantitative estimate of drug-likeness (QED) is 0.359. The molecule has 0 atom stereocenters. The summed E-state index contributed by atoms with van der Waals surface area (Å²) in [6, 6.07) is 10.3. The van der Waals surface area contributed by atoms with E-state index in [4.69, 9.17) is 4.74 Å². The first-order valence-corrected chi connectivity index (χ1v) is 10.7. The molecular weight excluding hydrogens is 463 g/mol. The summed E-state index contributed by atoms with van der Waals surface area (Å²) in [6.45, 7) is -0.928. The molecule has 0 saturated heterocycles. The summed E-state index contributed by atoms with van der Waals surface area (Å²) in [4.78, 5) is 36.3. The lowest BCUT2D eigenvalue weighted by Gasteiger charge is -2.19. The molecule has 0 aromatic heterocycles. The molecule has 0 radical (unpaired) electrons. The maximum Gasteiger partial charge on any atom is 0.338 e. The van der Waals surface area contributed by atoms with Crippen LogP contribution in [0.25, 0.3) is 0 Å². The van der Waals surface area contributed by atoms with Crippen LogP contribution in [-0.4, -0.2) is 32.7 Å². The van der Waals surface area contributed by atoms with Gasteiger partial charge in [-0.05, 0) is 42.5 Å². The van der Waals surface area contributed by atoms with Crippen LogP contribution in [0.3, 0.4) is 0 Å². The standard InChI is InChI=1S/C22H12F3NO6S/c23-14-7-8-15(20(25)19(14)24)26-18(27)10-32-22(29)11-5-6-13-17(9-11)33(30,31)16-4-2-1-3-12(16)21(13)28/h1-9H,10H2,(H,26,27). The fourth-order valence-corrected chi connectivity index (χ4v) is 4.91. The van der Waals surface area contributed by atoms with Crippen molar-refractivity contribution in [2.24, 2.45) is 0 Å². The summed E-state index contributed by atoms with van der Waals surface area (Å²) in [5.41, 5.74) is -1.01. The largest absolute Gasteiger partial charge is 0.452 e. The molecular formula is C22H12F3NO6S. The monoisotopic (exact) mass is 475 g/mol. The number of hydrogen-bond acceptors (Lipinski definition) is 6. The Morgan fingerprint density at radius 3 is 2.33 bits per heavy atom. The van der Waals surface area contributed by atoms with Crippen LogP contribution in [0.2, 0.25) is 0 Å². The molecule has 7 nitrogen and oxygen atoms in total. The minimum atomic E-state index is -4.09. The second-order valence-electron chi connectivity index (χ2n) is 6.89. The first kappa shape index (κ1) is 22.2. The predicted molar refractivity (Wildman–Crippen MR) is 107 cm³/mol. The van der Waals surface area contributed by atoms with Gasteiger partial charge in [-0.2, -0.15) is 0 Å². The van der Waals surface area contributed by atoms with Crippen LogP contribution < -0.4 is 5.32 Å². The average Bonchev–Trinajstić information content (AvgIpc) is 2.81. The number of fused-ring (bicyclic) bond motifs is 2. The number of halogens is 3. The van der Waals surface area contributed by atoms with Gasteiger partial charge < -0.3 is 10.1 Å². The van der Waals surface area contributed by atoms with E-state index in [-0.39, 0.29) is 26.5 Å². The number of hydrogen-bond donors (Lipinski definition) is 1. The van der Waals surface area contributed by atoms with Crippen LogP contribution in [-0.2, 0) is 19.4 Å². The highest BCUT2D eigenvalue weighted by Crippen LogP contribution is 2.34. The van der Waals surface area contributed by atoms with Gasteiger partial charge in [0.15, 0.2) is 29.8 Å². The topological polar surface area (TPSA) is 107 Å². The second-order valence-corrected chi connectivity index (χ2v) is 8.77. The van der Waals surface area contributed by atoms with E-state index in [0.29, 0.717) is 6.07 Å². The molecule has 3 aromatic carbocycles. The molecule has 0 spiro atoms. The van der Waals surface area contributed by atoms with Crippen molar-refractivity contribution in [1.29, 1.82) is 0 Å². The third kappa shape index (κ3) is 3.87. The van der Waals surface area contributed by atoms with Crippen molar-refractivity contribution in [3.05, 3.63) is 88.7 Å². The molecule has 1 heterocycles. The van der Waals surface area contributed by atoms with E-state index in [0.717, 1.165) is 18.2 Å². The number of nitrogens with one attached hydrogen (secondary N) is 1. The minimum absolute atomic E-state index is 0.0152. The van der Waals surface area contributed by atoms with Crippen LogP contribution in [0.5, 0.6) is 0 Å². The number of ether oxygens (including phenoxy) is 1. The summed E-state index contributed by atoms with van der Waals surface area (Å²) in [5, 5.41) is 1.93. The second kappa shape index (κ2) is 8.17. The fourth-order valence-electron chi connectivity index (χ4n) is 3.23. The Balaban J connectivity index is 1.51. The molecule has 0 bridgehead atoms. The predicted octanol–water partition coefficient (Wildman–Crippen LogP) is 3.28. The normalized spacial score (nSPS) is 13.6. The maximum absolute atomic E-state index is 13.6. The lowest BCUT2D eigenvalue weighted by atomic mass is 10.0. The van der Waals surface area contributed by atoms with Gasteiger partial charge in [0, 0.05) is 11.1 Å². The number of sulfone groups is 1. The first-order valence-electron chi connectivity index (χ1n) is 9.24. The van der Waals surface area contributed by atoms with Crippen molar-refractivity contribution in [3.8, 4) is 0 Å². The SMILES string of the molecule is O=C(COC(=O)c1ccc2c(c1)S(=O)(=O)c1ccccc1C2=O)Nc1ccc(F)c(F)c1F. The highest BCUT2D eigenvalue weighted by Gasteiger charge is 2.35. The summed E-state index contributed by atoms with van der Waals surface area (Å²) < 4.78 is 70.4. The molecule has 1 amide bonds. The molecule has 1 N–H and O–H groups in total. The van der Waals surface area contributed by atoms with E-state index in [2.05, 4.69) is 0 Å². The van der Waals surface area contributed by atoms with Crippen LogP contribution in [0.15, 0.2) is 64.4 Å². The van der Waals surface area contributed by atoms with Gasteiger partial charge in [-0.3, -0.25) is 9.59 Å². The van der Waals surface area contributed by atoms with Gasteiger partial charge in [-0.25, -0.2) is 26.4 Å². The molecule has 3 aromatic rings. The van der Waals surface area contributed by atoms with Gasteiger partial charge in [0.1, 0.15) is 0 Å². The number of amides is 1. The van der Waals surface area contributed by atoms with Crippen molar-refractivity contribution in [1.82, 2.24) is 0 Å². The van der Waals surface area contributed by atoms with Crippen LogP contribution in [0.1, 0.15) is 26.3 Å². The average molecular weight is 475 g/mol. The highest BCUT2D eigenvalue weighted by molar-refractivity contribution is 7.91. The molecule has 168 valence electrons. The summed E-state index contributed by atoms with van der Waals surface area (Å²) in [7, 11) is -4.09. The fraction of sp³-hybridized carbons (Fsp3) is 0.0455. The summed E-state index contributed by atoms with van der Waals surface area (Å²) in [5.74, 6) is -7.53. The van der Waals surface area contributed by atoms with Gasteiger partial charge >= 0.3 is 5.97 Å². The Labute approximate surface area is 184 Å². The Kier molecular flexibility index (Phi) is 5.50. The minimum Gasteiger partial charge on any atom is -0.452 e. The van der Waals surface area contributed by atoms with E-state index in [1.54, 1.807) is 0 Å². The third-order valence-corrected chi connectivity index (χ3v) is 6.67. The van der Waals surface area contributed by atoms with Crippen molar-refractivity contribution in [2.45, 2.75) is 9.79 Å². The van der Waals surface area contributed by atoms with E-state index in [1.807, 2.05) is 5.32 Å². The zero-order chi connectivity index (χ0) is 23.9. The first-order chi connectivity index (χ1) is 15.6. The maximum atomic E-state index is 13.6. The molecule has 1 aliphatic heterocycles. The van der Waals surface area contributed by atoms with Gasteiger partial charge in [-0.1, -0.05) is 12.1 Å². The van der Waals surface area contributed by atoms with Crippen LogP contribution in [0, 0.1) is 17.5 Å². The molecule has 0 aliphatic carbocycles. The zero-order valence-corrected chi connectivity index (χ0v) is 17.2. The Morgan fingerprint density at radius 2 is 1.58 bits per heavy atom. The molecule has 33 heavy (non-hydrogen) atoms. The van der Waals surface area contributed by atoms with E-state index in [9.17, 15) is 36.0 Å². The van der Waals surface area contributed by atoms with Crippen molar-refractivity contribution in [2.75, 3.05) is 11.9 Å². The number of anilines is 1. The molecule has 0 unspecified atom stereocenters. The van der Waals surface area contributed by atoms with Crippen molar-refractivity contribution < 1.29 is 40.7 Å². The molecule has 4 rings (SSSR count). The number of esters is 1. The molecule has 1 aliphatic rings. The summed E-state index contributed by atoms with van der Waals surface area (Å²) in [6.07, 6.45) is 0. The molecule has 11 heteroatoms. The van der Waals surface area contributed by atoms with Gasteiger partial charge in [-0.15, -0.1) is 0 Å². The van der Waals surface area contributed by atoms with Gasteiger partial charge in [0.05, 0.1) is 21.0 Å². The van der Waals surface area contributed by atoms with E-state index < -0.39 is 57.2 Å². The van der Waals surface area contributed by atoms with Crippen molar-refractivity contribution >= 4 is 33.2 Å².